The molecule has 0 unspecified atom stereocenters. The second kappa shape index (κ2) is 7.48. The van der Waals surface area contributed by atoms with E-state index in [0.717, 1.165) is 24.1 Å². The average Bonchev–Trinajstić information content (AvgIpc) is 2.46. The van der Waals surface area contributed by atoms with Crippen molar-refractivity contribution in [3.63, 3.8) is 0 Å². The third-order valence-corrected chi connectivity index (χ3v) is 4.27. The predicted molar refractivity (Wildman–Crippen MR) is 88.6 cm³/mol. The molecule has 116 valence electrons. The molecule has 0 saturated heterocycles. The number of carbonyl (C=O) groups is 1. The highest BCUT2D eigenvalue weighted by Crippen LogP contribution is 2.34. The number of unbranched alkanes of at least 4 members (excludes halogenated alkanes) is 2. The molecule has 0 aliphatic carbocycles. The Kier molecular flexibility index (Phi) is 5.66. The van der Waals surface area contributed by atoms with Gasteiger partial charge in [-0.05, 0) is 38.3 Å². The number of rotatable bonds is 6. The smallest absolute Gasteiger partial charge is 0.227 e. The molecule has 0 fully saturated rings. The zero-order chi connectivity index (χ0) is 15.2. The SMILES string of the molecule is CCCCC[C@H](C)NC(=O)[C@H]1C[C@@H](C)Nc2ccccc21. The molecule has 1 heterocycles. The van der Waals surface area contributed by atoms with Crippen molar-refractivity contribution in [1.29, 1.82) is 0 Å². The van der Waals surface area contributed by atoms with Crippen LogP contribution in [0.4, 0.5) is 5.69 Å². The molecule has 0 aromatic heterocycles. The molecule has 2 rings (SSSR count). The van der Waals surface area contributed by atoms with Crippen LogP contribution < -0.4 is 10.6 Å². The van der Waals surface area contributed by atoms with Crippen molar-refractivity contribution < 1.29 is 4.79 Å². The Balaban J connectivity index is 1.99. The van der Waals surface area contributed by atoms with E-state index in [2.05, 4.69) is 43.5 Å². The van der Waals surface area contributed by atoms with Crippen LogP contribution >= 0.6 is 0 Å². The molecule has 3 atom stereocenters. The fourth-order valence-corrected chi connectivity index (χ4v) is 3.10. The molecule has 0 spiro atoms. The Hall–Kier alpha value is -1.51. The van der Waals surface area contributed by atoms with E-state index in [1.54, 1.807) is 0 Å². The average molecular weight is 288 g/mol. The number of hydrogen-bond acceptors (Lipinski definition) is 2. The topological polar surface area (TPSA) is 41.1 Å². The molecule has 0 bridgehead atoms. The number of fused-ring (bicyclic) bond motifs is 1. The number of carbonyl (C=O) groups excluding carboxylic acids is 1. The number of para-hydroxylation sites is 1. The lowest BCUT2D eigenvalue weighted by atomic mass is 9.86. The second-order valence-electron chi connectivity index (χ2n) is 6.33. The zero-order valence-corrected chi connectivity index (χ0v) is 13.5. The lowest BCUT2D eigenvalue weighted by molar-refractivity contribution is -0.123. The molecule has 1 aromatic rings. The molecule has 1 aliphatic rings. The van der Waals surface area contributed by atoms with Crippen LogP contribution in [0.5, 0.6) is 0 Å². The fourth-order valence-electron chi connectivity index (χ4n) is 3.10. The molecule has 0 radical (unpaired) electrons. The zero-order valence-electron chi connectivity index (χ0n) is 13.5. The van der Waals surface area contributed by atoms with Crippen LogP contribution in [0.3, 0.4) is 0 Å². The maximum atomic E-state index is 12.6. The van der Waals surface area contributed by atoms with Crippen LogP contribution in [0.1, 0.15) is 64.4 Å². The molecule has 3 heteroatoms. The first-order chi connectivity index (χ1) is 10.1. The first kappa shape index (κ1) is 15.9. The highest BCUT2D eigenvalue weighted by Gasteiger charge is 2.29. The molecule has 3 nitrogen and oxygen atoms in total. The molecule has 2 N–H and O–H groups in total. The van der Waals surface area contributed by atoms with Gasteiger partial charge in [0.05, 0.1) is 5.92 Å². The summed E-state index contributed by atoms with van der Waals surface area (Å²) in [5, 5.41) is 6.66. The predicted octanol–water partition coefficient (Wildman–Crippen LogP) is 4.06. The molecule has 1 aromatic carbocycles. The van der Waals surface area contributed by atoms with Crippen LogP contribution in [0.15, 0.2) is 24.3 Å². The summed E-state index contributed by atoms with van der Waals surface area (Å²) >= 11 is 0. The summed E-state index contributed by atoms with van der Waals surface area (Å²) in [4.78, 5) is 12.6. The first-order valence-electron chi connectivity index (χ1n) is 8.27. The van der Waals surface area contributed by atoms with E-state index in [0.29, 0.717) is 6.04 Å². The quantitative estimate of drug-likeness (QED) is 0.775. The van der Waals surface area contributed by atoms with E-state index in [1.165, 1.54) is 19.3 Å². The highest BCUT2D eigenvalue weighted by atomic mass is 16.1. The lowest BCUT2D eigenvalue weighted by Crippen LogP contribution is -2.40. The Morgan fingerprint density at radius 1 is 1.38 bits per heavy atom. The van der Waals surface area contributed by atoms with Gasteiger partial charge in [-0.15, -0.1) is 0 Å². The van der Waals surface area contributed by atoms with Crippen LogP contribution in [-0.4, -0.2) is 18.0 Å². The van der Waals surface area contributed by atoms with Gasteiger partial charge in [-0.1, -0.05) is 44.4 Å². The molecular formula is C18H28N2O. The molecular weight excluding hydrogens is 260 g/mol. The van der Waals surface area contributed by atoms with E-state index in [1.807, 2.05) is 12.1 Å². The van der Waals surface area contributed by atoms with Crippen molar-refractivity contribution >= 4 is 11.6 Å². The first-order valence-corrected chi connectivity index (χ1v) is 8.27. The third kappa shape index (κ3) is 4.23. The summed E-state index contributed by atoms with van der Waals surface area (Å²) in [6, 6.07) is 8.77. The van der Waals surface area contributed by atoms with Crippen LogP contribution in [0, 0.1) is 0 Å². The largest absolute Gasteiger partial charge is 0.382 e. The van der Waals surface area contributed by atoms with Crippen molar-refractivity contribution in [2.75, 3.05) is 5.32 Å². The number of benzene rings is 1. The van der Waals surface area contributed by atoms with Gasteiger partial charge in [0, 0.05) is 17.8 Å². The van der Waals surface area contributed by atoms with Gasteiger partial charge in [0.2, 0.25) is 5.91 Å². The maximum Gasteiger partial charge on any atom is 0.227 e. The van der Waals surface area contributed by atoms with Crippen molar-refractivity contribution in [2.45, 2.75) is 70.9 Å². The van der Waals surface area contributed by atoms with E-state index < -0.39 is 0 Å². The van der Waals surface area contributed by atoms with Crippen LogP contribution in [-0.2, 0) is 4.79 Å². The Morgan fingerprint density at radius 2 is 2.14 bits per heavy atom. The monoisotopic (exact) mass is 288 g/mol. The summed E-state index contributed by atoms with van der Waals surface area (Å²) in [5.41, 5.74) is 2.24. The van der Waals surface area contributed by atoms with Gasteiger partial charge in [0.1, 0.15) is 0 Å². The normalized spacial score (nSPS) is 22.0. The van der Waals surface area contributed by atoms with Gasteiger partial charge in [-0.3, -0.25) is 4.79 Å². The number of anilines is 1. The van der Waals surface area contributed by atoms with Gasteiger partial charge >= 0.3 is 0 Å². The summed E-state index contributed by atoms with van der Waals surface area (Å²) in [7, 11) is 0. The van der Waals surface area contributed by atoms with Gasteiger partial charge in [0.25, 0.3) is 0 Å². The van der Waals surface area contributed by atoms with E-state index in [-0.39, 0.29) is 17.9 Å². The molecule has 0 saturated carbocycles. The van der Waals surface area contributed by atoms with Gasteiger partial charge < -0.3 is 10.6 Å². The van der Waals surface area contributed by atoms with E-state index in [4.69, 9.17) is 0 Å². The minimum absolute atomic E-state index is 0.0222. The van der Waals surface area contributed by atoms with Gasteiger partial charge in [-0.2, -0.15) is 0 Å². The number of amides is 1. The van der Waals surface area contributed by atoms with Crippen LogP contribution in [0.25, 0.3) is 0 Å². The summed E-state index contributed by atoms with van der Waals surface area (Å²) in [6.07, 6.45) is 5.59. The van der Waals surface area contributed by atoms with Crippen molar-refractivity contribution in [1.82, 2.24) is 5.32 Å². The number of hydrogen-bond donors (Lipinski definition) is 2. The standard InChI is InChI=1S/C18H28N2O/c1-4-5-6-9-13(2)20-18(21)16-12-14(3)19-17-11-8-7-10-15(16)17/h7-8,10-11,13-14,16,19H,4-6,9,12H2,1-3H3,(H,20,21)/t13-,14+,16-/m0/s1. The molecule has 1 aliphatic heterocycles. The minimum Gasteiger partial charge on any atom is -0.382 e. The van der Waals surface area contributed by atoms with Crippen molar-refractivity contribution in [3.05, 3.63) is 29.8 Å². The second-order valence-corrected chi connectivity index (χ2v) is 6.33. The van der Waals surface area contributed by atoms with Crippen molar-refractivity contribution in [3.8, 4) is 0 Å². The number of nitrogens with one attached hydrogen (secondary N) is 2. The van der Waals surface area contributed by atoms with Gasteiger partial charge in [-0.25, -0.2) is 0 Å². The van der Waals surface area contributed by atoms with Crippen molar-refractivity contribution in [2.24, 2.45) is 0 Å². The Bertz CT molecular complexity index is 472. The minimum atomic E-state index is -0.0222. The van der Waals surface area contributed by atoms with Gasteiger partial charge in [0.15, 0.2) is 0 Å². The Morgan fingerprint density at radius 3 is 2.90 bits per heavy atom. The highest BCUT2D eigenvalue weighted by molar-refractivity contribution is 5.86. The van der Waals surface area contributed by atoms with Crippen LogP contribution in [0.2, 0.25) is 0 Å². The van der Waals surface area contributed by atoms with E-state index in [9.17, 15) is 4.79 Å². The molecule has 1 amide bonds. The third-order valence-electron chi connectivity index (χ3n) is 4.27. The molecule has 21 heavy (non-hydrogen) atoms. The lowest BCUT2D eigenvalue weighted by Gasteiger charge is -2.31. The summed E-state index contributed by atoms with van der Waals surface area (Å²) < 4.78 is 0. The fraction of sp³-hybridized carbons (Fsp3) is 0.611. The summed E-state index contributed by atoms with van der Waals surface area (Å²) in [5.74, 6) is 0.158. The summed E-state index contributed by atoms with van der Waals surface area (Å²) in [6.45, 7) is 6.46. The Labute approximate surface area is 128 Å². The van der Waals surface area contributed by atoms with E-state index >= 15 is 0 Å². The maximum absolute atomic E-state index is 12.6.